The smallest absolute Gasteiger partial charge is 0.249 e. The maximum Gasteiger partial charge on any atom is 0.249 e. The van der Waals surface area contributed by atoms with Gasteiger partial charge in [-0.3, -0.25) is 4.79 Å². The molecule has 0 N–H and O–H groups in total. The molecule has 3 rings (SSSR count). The van der Waals surface area contributed by atoms with Gasteiger partial charge >= 0.3 is 0 Å². The third-order valence-corrected chi connectivity index (χ3v) is 6.37. The number of rotatable bonds is 13. The van der Waals surface area contributed by atoms with Crippen LogP contribution in [0.25, 0.3) is 11.4 Å². The molecule has 0 aliphatic carbocycles. The molecule has 1 atom stereocenters. The van der Waals surface area contributed by atoms with Crippen molar-refractivity contribution >= 4 is 5.91 Å². The number of hydrogen-bond acceptors (Lipinski definition) is 5. The molecule has 1 aliphatic rings. The number of piperidine rings is 1. The van der Waals surface area contributed by atoms with E-state index >= 15 is 0 Å². The first-order valence-corrected chi connectivity index (χ1v) is 12.5. The van der Waals surface area contributed by atoms with Crippen LogP contribution in [-0.2, 0) is 4.79 Å². The predicted octanol–water partition coefficient (Wildman–Crippen LogP) is 6.72. The van der Waals surface area contributed by atoms with Crippen molar-refractivity contribution in [2.75, 3.05) is 13.7 Å². The summed E-state index contributed by atoms with van der Waals surface area (Å²) in [5, 5.41) is 4.17. The maximum atomic E-state index is 13.0. The molecule has 176 valence electrons. The predicted molar refractivity (Wildman–Crippen MR) is 126 cm³/mol. The van der Waals surface area contributed by atoms with E-state index in [0.717, 1.165) is 50.0 Å². The summed E-state index contributed by atoms with van der Waals surface area (Å²) in [5.41, 5.74) is 0.850. The summed E-state index contributed by atoms with van der Waals surface area (Å²) in [7, 11) is 1.64. The number of carbonyl (C=O) groups is 1. The van der Waals surface area contributed by atoms with Crippen LogP contribution in [0.2, 0.25) is 0 Å². The Morgan fingerprint density at radius 3 is 2.59 bits per heavy atom. The molecule has 0 saturated carbocycles. The molecule has 0 bridgehead atoms. The van der Waals surface area contributed by atoms with Gasteiger partial charge in [0, 0.05) is 18.5 Å². The molecule has 6 heteroatoms. The highest BCUT2D eigenvalue weighted by atomic mass is 16.5. The lowest BCUT2D eigenvalue weighted by Gasteiger charge is -2.33. The highest BCUT2D eigenvalue weighted by Gasteiger charge is 2.31. The molecule has 0 radical (unpaired) electrons. The van der Waals surface area contributed by atoms with Gasteiger partial charge in [0.2, 0.25) is 17.6 Å². The molecule has 1 amide bonds. The lowest BCUT2D eigenvalue weighted by molar-refractivity contribution is -0.135. The van der Waals surface area contributed by atoms with Crippen molar-refractivity contribution in [2.24, 2.45) is 0 Å². The first-order valence-electron chi connectivity index (χ1n) is 12.5. The number of ether oxygens (including phenoxy) is 1. The first kappa shape index (κ1) is 24.3. The van der Waals surface area contributed by atoms with E-state index in [9.17, 15) is 4.79 Å². The number of hydrogen-bond donors (Lipinski definition) is 0. The summed E-state index contributed by atoms with van der Waals surface area (Å²) in [6.45, 7) is 3.03. The minimum atomic E-state index is -0.110. The molecular formula is C26H39N3O3. The van der Waals surface area contributed by atoms with E-state index in [2.05, 4.69) is 17.1 Å². The summed E-state index contributed by atoms with van der Waals surface area (Å²) in [5.74, 6) is 2.06. The van der Waals surface area contributed by atoms with E-state index < -0.39 is 0 Å². The van der Waals surface area contributed by atoms with Crippen LogP contribution in [0.1, 0.15) is 102 Å². The molecule has 1 aliphatic heterocycles. The minimum absolute atomic E-state index is 0.110. The minimum Gasteiger partial charge on any atom is -0.497 e. The van der Waals surface area contributed by atoms with Crippen LogP contribution in [0, 0.1) is 0 Å². The zero-order valence-corrected chi connectivity index (χ0v) is 19.9. The first-order chi connectivity index (χ1) is 15.7. The summed E-state index contributed by atoms with van der Waals surface area (Å²) >= 11 is 0. The Kier molecular flexibility index (Phi) is 10.0. The van der Waals surface area contributed by atoms with Crippen LogP contribution in [0.15, 0.2) is 28.8 Å². The fourth-order valence-corrected chi connectivity index (χ4v) is 4.47. The second-order valence-electron chi connectivity index (χ2n) is 8.87. The van der Waals surface area contributed by atoms with Crippen LogP contribution in [-0.4, -0.2) is 34.6 Å². The average Bonchev–Trinajstić information content (AvgIpc) is 3.33. The van der Waals surface area contributed by atoms with Crippen molar-refractivity contribution in [3.63, 3.8) is 0 Å². The van der Waals surface area contributed by atoms with Crippen LogP contribution < -0.4 is 4.74 Å². The zero-order valence-electron chi connectivity index (χ0n) is 19.9. The van der Waals surface area contributed by atoms with E-state index in [0.29, 0.717) is 18.1 Å². The summed E-state index contributed by atoms with van der Waals surface area (Å²) in [6, 6.07) is 7.51. The van der Waals surface area contributed by atoms with Gasteiger partial charge in [-0.05, 0) is 37.8 Å². The normalized spacial score (nSPS) is 16.3. The van der Waals surface area contributed by atoms with Gasteiger partial charge in [0.25, 0.3) is 0 Å². The highest BCUT2D eigenvalue weighted by molar-refractivity contribution is 5.76. The van der Waals surface area contributed by atoms with Crippen LogP contribution in [0.3, 0.4) is 0 Å². The average molecular weight is 442 g/mol. The standard InChI is InChI=1S/C26H39N3O3/c1-3-4-5-6-7-8-9-10-11-18-24(30)29-19-13-12-17-23(29)26-27-25(28-32-26)21-15-14-16-22(20-21)31-2/h14-16,20,23H,3-13,17-19H2,1-2H3. The van der Waals surface area contributed by atoms with E-state index in [1.807, 2.05) is 29.2 Å². The third kappa shape index (κ3) is 7.07. The van der Waals surface area contributed by atoms with Crippen molar-refractivity contribution in [2.45, 2.75) is 96.4 Å². The van der Waals surface area contributed by atoms with Crippen LogP contribution in [0.4, 0.5) is 0 Å². The van der Waals surface area contributed by atoms with Crippen molar-refractivity contribution in [3.05, 3.63) is 30.2 Å². The Morgan fingerprint density at radius 1 is 1.09 bits per heavy atom. The molecule has 1 unspecified atom stereocenters. The fourth-order valence-electron chi connectivity index (χ4n) is 4.47. The van der Waals surface area contributed by atoms with Gasteiger partial charge in [-0.25, -0.2) is 0 Å². The molecule has 1 fully saturated rings. The number of amides is 1. The number of carbonyl (C=O) groups excluding carboxylic acids is 1. The Balaban J connectivity index is 1.49. The quantitative estimate of drug-likeness (QED) is 0.323. The zero-order chi connectivity index (χ0) is 22.6. The topological polar surface area (TPSA) is 68.5 Å². The Morgan fingerprint density at radius 2 is 1.84 bits per heavy atom. The maximum absolute atomic E-state index is 13.0. The molecule has 6 nitrogen and oxygen atoms in total. The Hall–Kier alpha value is -2.37. The number of aromatic nitrogens is 2. The number of methoxy groups -OCH3 is 1. The molecule has 0 spiro atoms. The largest absolute Gasteiger partial charge is 0.497 e. The Bertz CT molecular complexity index is 820. The monoisotopic (exact) mass is 441 g/mol. The molecule has 2 heterocycles. The van der Waals surface area contributed by atoms with E-state index in [4.69, 9.17) is 9.26 Å². The number of likely N-dealkylation sites (tertiary alicyclic amines) is 1. The molecule has 1 saturated heterocycles. The lowest BCUT2D eigenvalue weighted by atomic mass is 10.0. The van der Waals surface area contributed by atoms with E-state index in [1.54, 1.807) is 7.11 Å². The van der Waals surface area contributed by atoms with Crippen molar-refractivity contribution < 1.29 is 14.1 Å². The molecule has 1 aromatic carbocycles. The van der Waals surface area contributed by atoms with Gasteiger partial charge in [0.05, 0.1) is 7.11 Å². The number of unbranched alkanes of at least 4 members (excludes halogenated alkanes) is 8. The van der Waals surface area contributed by atoms with Gasteiger partial charge in [0.15, 0.2) is 0 Å². The SMILES string of the molecule is CCCCCCCCCCCC(=O)N1CCCCC1c1nc(-c2cccc(OC)c2)no1. The van der Waals surface area contributed by atoms with Crippen LogP contribution in [0.5, 0.6) is 5.75 Å². The van der Waals surface area contributed by atoms with E-state index in [1.165, 1.54) is 44.9 Å². The molecule has 32 heavy (non-hydrogen) atoms. The number of nitrogens with zero attached hydrogens (tertiary/aromatic N) is 3. The highest BCUT2D eigenvalue weighted by Crippen LogP contribution is 2.32. The summed E-state index contributed by atoms with van der Waals surface area (Å²) in [6.07, 6.45) is 14.9. The molecule has 1 aromatic heterocycles. The second-order valence-corrected chi connectivity index (χ2v) is 8.87. The Labute approximate surface area is 192 Å². The van der Waals surface area contributed by atoms with E-state index in [-0.39, 0.29) is 11.9 Å². The van der Waals surface area contributed by atoms with Gasteiger partial charge in [-0.1, -0.05) is 75.6 Å². The van der Waals surface area contributed by atoms with Crippen molar-refractivity contribution in [1.29, 1.82) is 0 Å². The van der Waals surface area contributed by atoms with Gasteiger partial charge in [-0.2, -0.15) is 4.98 Å². The van der Waals surface area contributed by atoms with Crippen molar-refractivity contribution in [1.82, 2.24) is 15.0 Å². The molecule has 2 aromatic rings. The van der Waals surface area contributed by atoms with Gasteiger partial charge < -0.3 is 14.2 Å². The third-order valence-electron chi connectivity index (χ3n) is 6.37. The van der Waals surface area contributed by atoms with Gasteiger partial charge in [0.1, 0.15) is 11.8 Å². The summed E-state index contributed by atoms with van der Waals surface area (Å²) in [4.78, 5) is 19.6. The second kappa shape index (κ2) is 13.2. The molecular weight excluding hydrogens is 402 g/mol. The van der Waals surface area contributed by atoms with Crippen molar-refractivity contribution in [3.8, 4) is 17.1 Å². The van der Waals surface area contributed by atoms with Gasteiger partial charge in [-0.15, -0.1) is 0 Å². The van der Waals surface area contributed by atoms with Crippen LogP contribution >= 0.6 is 0 Å². The fraction of sp³-hybridized carbons (Fsp3) is 0.654. The number of benzene rings is 1. The summed E-state index contributed by atoms with van der Waals surface area (Å²) < 4.78 is 10.9. The lowest BCUT2D eigenvalue weighted by Crippen LogP contribution is -2.38.